The lowest BCUT2D eigenvalue weighted by Crippen LogP contribution is -2.22. The quantitative estimate of drug-likeness (QED) is 0.612. The highest BCUT2D eigenvalue weighted by molar-refractivity contribution is 7.71. The van der Waals surface area contributed by atoms with Crippen LogP contribution in [0.4, 0.5) is 5.69 Å². The molecule has 9 heteroatoms. The molecule has 8 nitrogen and oxygen atoms in total. The molecule has 1 amide bonds. The number of hydrogen-bond acceptors (Lipinski definition) is 6. The fourth-order valence-electron chi connectivity index (χ4n) is 2.81. The maximum absolute atomic E-state index is 11.8. The van der Waals surface area contributed by atoms with Crippen LogP contribution < -0.4 is 11.1 Å². The number of aromatic amines is 1. The van der Waals surface area contributed by atoms with Crippen molar-refractivity contribution in [3.05, 3.63) is 28.9 Å². The molecule has 3 heterocycles. The first kappa shape index (κ1) is 14.9. The molecule has 4 rings (SSSR count). The standard InChI is InChI=1S/C15H16N6O2S/c1-7(8-2-3-8)18-12-10(13(16)22)5-17-21-6-9(4-11(12)21)14-19-20-15(24)23-14/h4-8,18H,2-3H2,1H3,(H2,16,22)(H,20,24)/t7-/m1/s1. The first-order valence-corrected chi connectivity index (χ1v) is 8.07. The third kappa shape index (κ3) is 2.56. The van der Waals surface area contributed by atoms with E-state index in [1.807, 2.05) is 6.07 Å². The molecular weight excluding hydrogens is 328 g/mol. The highest BCUT2D eigenvalue weighted by atomic mass is 32.1. The Morgan fingerprint density at radius 1 is 1.58 bits per heavy atom. The minimum Gasteiger partial charge on any atom is -0.409 e. The van der Waals surface area contributed by atoms with Gasteiger partial charge in [-0.3, -0.25) is 4.79 Å². The molecule has 1 aliphatic rings. The van der Waals surface area contributed by atoms with Gasteiger partial charge in [-0.15, -0.1) is 5.10 Å². The van der Waals surface area contributed by atoms with Gasteiger partial charge in [0.25, 0.3) is 10.7 Å². The summed E-state index contributed by atoms with van der Waals surface area (Å²) in [6.45, 7) is 2.11. The molecule has 0 aromatic carbocycles. The molecule has 1 aliphatic carbocycles. The highest BCUT2D eigenvalue weighted by Crippen LogP contribution is 2.36. The van der Waals surface area contributed by atoms with Crippen molar-refractivity contribution in [2.75, 3.05) is 5.32 Å². The number of nitrogens with two attached hydrogens (primary N) is 1. The Bertz CT molecular complexity index is 983. The van der Waals surface area contributed by atoms with Crippen LogP contribution in [0.5, 0.6) is 0 Å². The monoisotopic (exact) mass is 344 g/mol. The van der Waals surface area contributed by atoms with Gasteiger partial charge in [0.2, 0.25) is 5.89 Å². The van der Waals surface area contributed by atoms with Crippen molar-refractivity contribution in [1.29, 1.82) is 0 Å². The summed E-state index contributed by atoms with van der Waals surface area (Å²) in [6.07, 6.45) is 5.63. The van der Waals surface area contributed by atoms with Crippen LogP contribution in [-0.2, 0) is 0 Å². The molecule has 0 radical (unpaired) electrons. The van der Waals surface area contributed by atoms with Crippen molar-refractivity contribution in [2.45, 2.75) is 25.8 Å². The van der Waals surface area contributed by atoms with Crippen LogP contribution in [0.15, 0.2) is 22.9 Å². The second-order valence-corrected chi connectivity index (χ2v) is 6.42. The van der Waals surface area contributed by atoms with Gasteiger partial charge in [-0.2, -0.15) is 5.10 Å². The first-order valence-electron chi connectivity index (χ1n) is 7.66. The number of carbonyl (C=O) groups excluding carboxylic acids is 1. The van der Waals surface area contributed by atoms with Crippen molar-refractivity contribution in [1.82, 2.24) is 19.8 Å². The molecule has 0 unspecified atom stereocenters. The van der Waals surface area contributed by atoms with E-state index in [1.54, 1.807) is 10.7 Å². The van der Waals surface area contributed by atoms with Crippen LogP contribution in [0.2, 0.25) is 0 Å². The van der Waals surface area contributed by atoms with E-state index in [0.717, 1.165) is 5.52 Å². The van der Waals surface area contributed by atoms with Gasteiger partial charge in [-0.25, -0.2) is 9.61 Å². The summed E-state index contributed by atoms with van der Waals surface area (Å²) in [5.41, 5.74) is 8.00. The van der Waals surface area contributed by atoms with E-state index in [2.05, 4.69) is 27.5 Å². The zero-order chi connectivity index (χ0) is 16.8. The van der Waals surface area contributed by atoms with E-state index < -0.39 is 5.91 Å². The molecule has 3 aromatic rings. The van der Waals surface area contributed by atoms with Gasteiger partial charge in [-0.1, -0.05) is 0 Å². The van der Waals surface area contributed by atoms with Crippen LogP contribution >= 0.6 is 12.2 Å². The fourth-order valence-corrected chi connectivity index (χ4v) is 2.93. The van der Waals surface area contributed by atoms with E-state index in [9.17, 15) is 4.79 Å². The van der Waals surface area contributed by atoms with Gasteiger partial charge in [0.05, 0.1) is 28.5 Å². The number of H-pyrrole nitrogens is 1. The molecule has 0 bridgehead atoms. The van der Waals surface area contributed by atoms with Crippen LogP contribution in [0.3, 0.4) is 0 Å². The summed E-state index contributed by atoms with van der Waals surface area (Å²) in [4.78, 5) is 12.0. The Morgan fingerprint density at radius 2 is 2.38 bits per heavy atom. The number of primary amides is 1. The normalized spacial score (nSPS) is 15.5. The van der Waals surface area contributed by atoms with E-state index in [1.165, 1.54) is 19.0 Å². The maximum Gasteiger partial charge on any atom is 0.284 e. The summed E-state index contributed by atoms with van der Waals surface area (Å²) in [7, 11) is 0. The lowest BCUT2D eigenvalue weighted by molar-refractivity contribution is 0.100. The van der Waals surface area contributed by atoms with Crippen LogP contribution in [0, 0.1) is 10.8 Å². The van der Waals surface area contributed by atoms with E-state index in [4.69, 9.17) is 22.4 Å². The van der Waals surface area contributed by atoms with Gasteiger partial charge in [0.15, 0.2) is 0 Å². The predicted octanol–water partition coefficient (Wildman–Crippen LogP) is 2.36. The second kappa shape index (κ2) is 5.45. The van der Waals surface area contributed by atoms with Crippen molar-refractivity contribution in [2.24, 2.45) is 11.7 Å². The van der Waals surface area contributed by atoms with Crippen LogP contribution in [0.1, 0.15) is 30.1 Å². The number of hydrogen-bond donors (Lipinski definition) is 3. The lowest BCUT2D eigenvalue weighted by atomic mass is 10.1. The minimum absolute atomic E-state index is 0.201. The van der Waals surface area contributed by atoms with Gasteiger partial charge < -0.3 is 15.5 Å². The van der Waals surface area contributed by atoms with E-state index in [-0.39, 0.29) is 10.9 Å². The van der Waals surface area contributed by atoms with E-state index >= 15 is 0 Å². The third-order valence-electron chi connectivity index (χ3n) is 4.29. The van der Waals surface area contributed by atoms with Crippen molar-refractivity contribution < 1.29 is 9.21 Å². The summed E-state index contributed by atoms with van der Waals surface area (Å²) in [6, 6.07) is 2.09. The first-order chi connectivity index (χ1) is 11.5. The largest absolute Gasteiger partial charge is 0.409 e. The number of rotatable bonds is 5. The van der Waals surface area contributed by atoms with Crippen molar-refractivity contribution >= 4 is 29.3 Å². The molecule has 1 fully saturated rings. The van der Waals surface area contributed by atoms with E-state index in [0.29, 0.717) is 28.6 Å². The van der Waals surface area contributed by atoms with Gasteiger partial charge in [-0.05, 0) is 44.0 Å². The fraction of sp³-hybridized carbons (Fsp3) is 0.333. The highest BCUT2D eigenvalue weighted by Gasteiger charge is 2.29. The Kier molecular flexibility index (Phi) is 3.38. The van der Waals surface area contributed by atoms with Crippen LogP contribution in [0.25, 0.3) is 17.0 Å². The van der Waals surface area contributed by atoms with Crippen molar-refractivity contribution in [3.8, 4) is 11.5 Å². The molecular formula is C15H16N6O2S. The Hall–Kier alpha value is -2.68. The topological polar surface area (TPSA) is 114 Å². The Labute approximate surface area is 142 Å². The zero-order valence-corrected chi connectivity index (χ0v) is 13.8. The van der Waals surface area contributed by atoms with Gasteiger partial charge >= 0.3 is 0 Å². The lowest BCUT2D eigenvalue weighted by Gasteiger charge is -2.17. The Morgan fingerprint density at radius 3 is 3.00 bits per heavy atom. The smallest absolute Gasteiger partial charge is 0.284 e. The summed E-state index contributed by atoms with van der Waals surface area (Å²) < 4.78 is 7.00. The third-order valence-corrected chi connectivity index (χ3v) is 4.46. The van der Waals surface area contributed by atoms with Crippen molar-refractivity contribution in [3.63, 3.8) is 0 Å². The number of aromatic nitrogens is 4. The molecule has 4 N–H and O–H groups in total. The van der Waals surface area contributed by atoms with Gasteiger partial charge in [0.1, 0.15) is 0 Å². The molecule has 124 valence electrons. The number of carbonyl (C=O) groups is 1. The minimum atomic E-state index is -0.518. The van der Waals surface area contributed by atoms with Crippen LogP contribution in [-0.4, -0.2) is 31.8 Å². The Balaban J connectivity index is 1.84. The molecule has 24 heavy (non-hydrogen) atoms. The number of nitrogens with one attached hydrogen (secondary N) is 2. The number of nitrogens with zero attached hydrogens (tertiary/aromatic N) is 3. The maximum atomic E-state index is 11.8. The number of amides is 1. The number of anilines is 1. The van der Waals surface area contributed by atoms with Gasteiger partial charge in [0, 0.05) is 12.2 Å². The number of fused-ring (bicyclic) bond motifs is 1. The summed E-state index contributed by atoms with van der Waals surface area (Å²) in [5, 5.41) is 14.3. The average Bonchev–Trinajstić information content (AvgIpc) is 3.16. The molecule has 1 atom stereocenters. The zero-order valence-electron chi connectivity index (χ0n) is 12.9. The second-order valence-electron chi connectivity index (χ2n) is 6.04. The molecule has 1 saturated carbocycles. The molecule has 0 spiro atoms. The SMILES string of the molecule is C[C@@H](Nc1c(C(N)=O)cnn2cc(-c3n[nH]c(=S)o3)cc12)C1CC1. The molecule has 0 aliphatic heterocycles. The summed E-state index contributed by atoms with van der Waals surface area (Å²) >= 11 is 4.91. The summed E-state index contributed by atoms with van der Waals surface area (Å²) in [5.74, 6) is 0.473. The predicted molar refractivity (Wildman–Crippen MR) is 90.2 cm³/mol. The average molecular weight is 344 g/mol. The molecule has 3 aromatic heterocycles. The molecule has 0 saturated heterocycles.